The van der Waals surface area contributed by atoms with Crippen molar-refractivity contribution in [2.45, 2.75) is 25.9 Å². The van der Waals surface area contributed by atoms with E-state index in [0.717, 1.165) is 74.4 Å². The second-order valence-electron chi connectivity index (χ2n) is 13.5. The molecule has 2 atom stereocenters. The number of pyridine rings is 3. The molecule has 0 radical (unpaired) electrons. The molecule has 8 rings (SSSR count). The summed E-state index contributed by atoms with van der Waals surface area (Å²) in [4.78, 5) is 34.1. The van der Waals surface area contributed by atoms with Gasteiger partial charge in [0.25, 0.3) is 11.1 Å². The lowest BCUT2D eigenvalue weighted by Gasteiger charge is -2.33. The van der Waals surface area contributed by atoms with Crippen LogP contribution in [0.2, 0.25) is 0 Å². The summed E-state index contributed by atoms with van der Waals surface area (Å²) in [6.07, 6.45) is 3.65. The first-order chi connectivity index (χ1) is 25.5. The summed E-state index contributed by atoms with van der Waals surface area (Å²) in [5.74, 6) is -1.67. The van der Waals surface area contributed by atoms with Gasteiger partial charge in [-0.3, -0.25) is 18.4 Å². The molecule has 6 heterocycles. The third-order valence-electron chi connectivity index (χ3n) is 9.54. The van der Waals surface area contributed by atoms with Gasteiger partial charge in [0, 0.05) is 93.0 Å². The van der Waals surface area contributed by atoms with E-state index >= 15 is 0 Å². The Bertz CT molecular complexity index is 2400. The number of fused-ring (bicyclic) bond motifs is 2. The maximum atomic E-state index is 14.0. The molecule has 2 N–H and O–H groups in total. The Labute approximate surface area is 304 Å². The predicted octanol–water partition coefficient (Wildman–Crippen LogP) is 5.35. The van der Waals surface area contributed by atoms with Crippen molar-refractivity contribution in [2.75, 3.05) is 56.2 Å². The molecule has 2 aliphatic heterocycles. The molecule has 4 aromatic heterocycles. The fourth-order valence-corrected chi connectivity index (χ4v) is 6.87. The third-order valence-corrected chi connectivity index (χ3v) is 9.54. The number of hydrogen-bond acceptors (Lipinski definition) is 8. The lowest BCUT2D eigenvalue weighted by molar-refractivity contribution is 0.386. The molecule has 2 saturated heterocycles. The van der Waals surface area contributed by atoms with Crippen LogP contribution in [0.3, 0.4) is 0 Å². The zero-order valence-electron chi connectivity index (χ0n) is 29.7. The van der Waals surface area contributed by atoms with Gasteiger partial charge in [0.1, 0.15) is 17.3 Å². The molecule has 2 aromatic carbocycles. The summed E-state index contributed by atoms with van der Waals surface area (Å²) in [5, 5.41) is 6.80. The van der Waals surface area contributed by atoms with E-state index in [-0.39, 0.29) is 28.1 Å². The first-order valence-electron chi connectivity index (χ1n) is 17.5. The molecular weight excluding hydrogens is 683 g/mol. The van der Waals surface area contributed by atoms with Gasteiger partial charge in [-0.2, -0.15) is 0 Å². The van der Waals surface area contributed by atoms with Crippen LogP contribution in [-0.2, 0) is 0 Å². The minimum Gasteiger partial charge on any atom is -0.494 e. The Hall–Kier alpha value is -5.66. The maximum Gasteiger partial charge on any atom is 0.258 e. The van der Waals surface area contributed by atoms with E-state index in [1.807, 2.05) is 30.5 Å². The number of halogens is 3. The highest BCUT2D eigenvalue weighted by molar-refractivity contribution is 5.70. The highest BCUT2D eigenvalue weighted by atomic mass is 19.1. The van der Waals surface area contributed by atoms with Gasteiger partial charge in [-0.1, -0.05) is 6.07 Å². The van der Waals surface area contributed by atoms with Crippen molar-refractivity contribution < 1.29 is 17.9 Å². The van der Waals surface area contributed by atoms with E-state index in [2.05, 4.69) is 39.3 Å². The Morgan fingerprint density at radius 3 is 1.92 bits per heavy atom. The van der Waals surface area contributed by atoms with Gasteiger partial charge in [0.2, 0.25) is 0 Å². The fourth-order valence-electron chi connectivity index (χ4n) is 6.87. The quantitative estimate of drug-likeness (QED) is 0.246. The second kappa shape index (κ2) is 15.1. The Morgan fingerprint density at radius 1 is 0.679 bits per heavy atom. The minimum atomic E-state index is -0.704. The van der Waals surface area contributed by atoms with Crippen LogP contribution >= 0.6 is 0 Å². The summed E-state index contributed by atoms with van der Waals surface area (Å²) >= 11 is 0. The number of nitrogens with one attached hydrogen (secondary N) is 2. The molecule has 0 aliphatic carbocycles. The van der Waals surface area contributed by atoms with Crippen LogP contribution in [0.25, 0.3) is 33.5 Å². The molecule has 10 nitrogen and oxygen atoms in total. The maximum absolute atomic E-state index is 14.0. The summed E-state index contributed by atoms with van der Waals surface area (Å²) in [6, 6.07) is 21.0. The average molecular weight is 724 g/mol. The molecule has 6 aromatic rings. The van der Waals surface area contributed by atoms with E-state index in [1.165, 1.54) is 23.6 Å². The largest absolute Gasteiger partial charge is 0.494 e. The lowest BCUT2D eigenvalue weighted by Crippen LogP contribution is -2.49. The number of hydrogen-bond donors (Lipinski definition) is 2. The van der Waals surface area contributed by atoms with Crippen LogP contribution in [-0.4, -0.2) is 72.2 Å². The van der Waals surface area contributed by atoms with Gasteiger partial charge >= 0.3 is 0 Å². The fraction of sp³-hybridized carbons (Fsp3) is 0.275. The standard InChI is InChI=1S/C21H22FN3O2.C19H18F2N4O/c1-14-12-24(8-7-23-14)18-5-4-17-9-16(11-21(26)25(17)13-18)15-3-6-20(27-2)19(22)10-15;1-12-10-24(5-4-22-12)16-2-3-18-23-17(9-19(26)25(18)11-16)13-6-14(20)8-15(21)7-13/h3-6,9-11,13-14,23H,7-8,12H2,1-2H3;2-3,6-9,11-12,22H,4-5,10H2,1H3/t14-;12-/m00/s1. The number of benzene rings is 2. The normalized spacial score (nSPS) is 17.5. The van der Waals surface area contributed by atoms with Crippen LogP contribution in [0.15, 0.2) is 101 Å². The molecule has 0 amide bonds. The van der Waals surface area contributed by atoms with Gasteiger partial charge in [-0.15, -0.1) is 0 Å². The predicted molar refractivity (Wildman–Crippen MR) is 202 cm³/mol. The molecule has 53 heavy (non-hydrogen) atoms. The molecule has 0 saturated carbocycles. The summed E-state index contributed by atoms with van der Waals surface area (Å²) in [5.41, 5.74) is 4.57. The van der Waals surface area contributed by atoms with E-state index < -0.39 is 17.5 Å². The number of nitrogens with zero attached hydrogens (tertiary/aromatic N) is 5. The van der Waals surface area contributed by atoms with E-state index in [4.69, 9.17) is 4.74 Å². The van der Waals surface area contributed by atoms with Gasteiger partial charge in [0.05, 0.1) is 24.2 Å². The van der Waals surface area contributed by atoms with Crippen molar-refractivity contribution in [3.05, 3.63) is 129 Å². The number of methoxy groups -OCH3 is 1. The summed E-state index contributed by atoms with van der Waals surface area (Å²) in [7, 11) is 1.43. The van der Waals surface area contributed by atoms with E-state index in [9.17, 15) is 22.8 Å². The number of ether oxygens (including phenoxy) is 1. The Morgan fingerprint density at radius 2 is 1.30 bits per heavy atom. The molecular formula is C40H40F3N7O3. The monoisotopic (exact) mass is 723 g/mol. The van der Waals surface area contributed by atoms with Crippen LogP contribution in [0.4, 0.5) is 24.5 Å². The zero-order valence-corrected chi connectivity index (χ0v) is 29.7. The van der Waals surface area contributed by atoms with E-state index in [0.29, 0.717) is 28.9 Å². The lowest BCUT2D eigenvalue weighted by atomic mass is 10.1. The van der Waals surface area contributed by atoms with Gasteiger partial charge in [0.15, 0.2) is 11.6 Å². The molecule has 2 fully saturated rings. The first-order valence-corrected chi connectivity index (χ1v) is 17.5. The van der Waals surface area contributed by atoms with Crippen molar-refractivity contribution in [3.8, 4) is 28.1 Å². The van der Waals surface area contributed by atoms with Crippen LogP contribution < -0.4 is 36.3 Å². The van der Waals surface area contributed by atoms with Gasteiger partial charge < -0.3 is 25.2 Å². The number of anilines is 2. The highest BCUT2D eigenvalue weighted by Crippen LogP contribution is 2.27. The van der Waals surface area contributed by atoms with Crippen LogP contribution in [0.5, 0.6) is 5.75 Å². The molecule has 0 unspecified atom stereocenters. The van der Waals surface area contributed by atoms with Crippen molar-refractivity contribution in [3.63, 3.8) is 0 Å². The van der Waals surface area contributed by atoms with Gasteiger partial charge in [-0.05, 0) is 79.6 Å². The van der Waals surface area contributed by atoms with Gasteiger partial charge in [-0.25, -0.2) is 18.2 Å². The summed E-state index contributed by atoms with van der Waals surface area (Å²) in [6.45, 7) is 9.61. The molecule has 0 bridgehead atoms. The second-order valence-corrected chi connectivity index (χ2v) is 13.5. The van der Waals surface area contributed by atoms with Crippen molar-refractivity contribution in [2.24, 2.45) is 0 Å². The number of aromatic nitrogens is 3. The number of piperazine rings is 2. The first kappa shape index (κ1) is 35.7. The Kier molecular flexibility index (Phi) is 10.2. The van der Waals surface area contributed by atoms with Crippen molar-refractivity contribution >= 4 is 22.5 Å². The minimum absolute atomic E-state index is 0.135. The van der Waals surface area contributed by atoms with Crippen LogP contribution in [0.1, 0.15) is 13.8 Å². The molecule has 274 valence electrons. The van der Waals surface area contributed by atoms with Crippen molar-refractivity contribution in [1.82, 2.24) is 24.4 Å². The Balaban J connectivity index is 0.000000164. The zero-order chi connectivity index (χ0) is 37.2. The van der Waals surface area contributed by atoms with Crippen molar-refractivity contribution in [1.29, 1.82) is 0 Å². The SMILES string of the molecule is COc1ccc(-c2cc(=O)n3cc(N4CCN[C@@H](C)C4)ccc3c2)cc1F.C[C@H]1CN(c2ccc3nc(-c4cc(F)cc(F)c4)cc(=O)n3c2)CCN1. The molecule has 0 spiro atoms. The third kappa shape index (κ3) is 7.91. The summed E-state index contributed by atoms with van der Waals surface area (Å²) < 4.78 is 49.0. The molecule has 2 aliphatic rings. The topological polar surface area (TPSA) is 95.6 Å². The highest BCUT2D eigenvalue weighted by Gasteiger charge is 2.18. The smallest absolute Gasteiger partial charge is 0.258 e. The molecule has 13 heteroatoms. The average Bonchev–Trinajstić information content (AvgIpc) is 3.14. The number of rotatable bonds is 5. The van der Waals surface area contributed by atoms with Crippen LogP contribution in [0, 0.1) is 17.5 Å². The van der Waals surface area contributed by atoms with E-state index in [1.54, 1.807) is 34.9 Å².